The lowest BCUT2D eigenvalue weighted by Gasteiger charge is -2.07. The van der Waals surface area contributed by atoms with Gasteiger partial charge in [-0.1, -0.05) is 11.6 Å². The van der Waals surface area contributed by atoms with Crippen LogP contribution >= 0.6 is 11.6 Å². The number of rotatable bonds is 5. The summed E-state index contributed by atoms with van der Waals surface area (Å²) in [7, 11) is 1.48. The maximum atomic E-state index is 13.5. The van der Waals surface area contributed by atoms with Crippen molar-refractivity contribution in [2.75, 3.05) is 20.3 Å². The topological polar surface area (TPSA) is 74.4 Å². The first-order chi connectivity index (χ1) is 7.57. The molecule has 0 aromatic carbocycles. The predicted molar refractivity (Wildman–Crippen MR) is 55.1 cm³/mol. The number of methoxy groups -OCH3 is 1. The van der Waals surface area contributed by atoms with Crippen LogP contribution in [-0.4, -0.2) is 31.2 Å². The van der Waals surface area contributed by atoms with Crippen molar-refractivity contribution in [1.29, 1.82) is 0 Å². The molecule has 1 amide bonds. The number of pyridine rings is 1. The van der Waals surface area contributed by atoms with Gasteiger partial charge in [-0.05, 0) is 0 Å². The molecule has 0 bridgehead atoms. The molecule has 0 aliphatic rings. The Balaban J connectivity index is 2.89. The van der Waals surface area contributed by atoms with Crippen LogP contribution in [-0.2, 0) is 4.74 Å². The number of carbonyl (C=O) groups excluding carboxylic acids is 1. The van der Waals surface area contributed by atoms with Gasteiger partial charge in [0.15, 0.2) is 0 Å². The van der Waals surface area contributed by atoms with E-state index in [-0.39, 0.29) is 24.7 Å². The zero-order chi connectivity index (χ0) is 12.1. The number of ether oxygens (including phenoxy) is 2. The summed E-state index contributed by atoms with van der Waals surface area (Å²) in [4.78, 5) is 14.4. The van der Waals surface area contributed by atoms with E-state index in [2.05, 4.69) is 4.98 Å². The van der Waals surface area contributed by atoms with Crippen LogP contribution in [0.2, 0.25) is 5.02 Å². The highest BCUT2D eigenvalue weighted by Crippen LogP contribution is 2.25. The fraction of sp³-hybridized carbons (Fsp3) is 0.333. The highest BCUT2D eigenvalue weighted by atomic mass is 35.5. The summed E-state index contributed by atoms with van der Waals surface area (Å²) in [6.07, 6.45) is 1.07. The molecule has 1 rings (SSSR count). The number of hydrogen-bond donors (Lipinski definition) is 1. The Labute approximate surface area is 96.3 Å². The SMILES string of the molecule is COCCOc1ncc(C(N)=O)c(Cl)c1F. The zero-order valence-corrected chi connectivity index (χ0v) is 9.25. The van der Waals surface area contributed by atoms with Crippen LogP contribution in [0.1, 0.15) is 10.4 Å². The maximum absolute atomic E-state index is 13.5. The Morgan fingerprint density at radius 2 is 2.31 bits per heavy atom. The molecule has 2 N–H and O–H groups in total. The molecule has 0 saturated heterocycles. The average Bonchev–Trinajstić information content (AvgIpc) is 2.24. The molecule has 0 atom stereocenters. The van der Waals surface area contributed by atoms with Crippen molar-refractivity contribution in [3.05, 3.63) is 22.6 Å². The van der Waals surface area contributed by atoms with Gasteiger partial charge in [0.2, 0.25) is 5.82 Å². The first kappa shape index (κ1) is 12.7. The van der Waals surface area contributed by atoms with Gasteiger partial charge in [-0.25, -0.2) is 4.98 Å². The largest absolute Gasteiger partial charge is 0.473 e. The minimum absolute atomic E-state index is 0.132. The van der Waals surface area contributed by atoms with Gasteiger partial charge in [-0.15, -0.1) is 0 Å². The second-order valence-electron chi connectivity index (χ2n) is 2.81. The Hall–Kier alpha value is -1.40. The second-order valence-corrected chi connectivity index (χ2v) is 3.19. The van der Waals surface area contributed by atoms with E-state index in [0.29, 0.717) is 0 Å². The molecule has 0 saturated carbocycles. The highest BCUT2D eigenvalue weighted by molar-refractivity contribution is 6.34. The van der Waals surface area contributed by atoms with E-state index in [4.69, 9.17) is 26.8 Å². The fourth-order valence-corrected chi connectivity index (χ4v) is 1.17. The molecular weight excluding hydrogens is 239 g/mol. The van der Waals surface area contributed by atoms with Crippen molar-refractivity contribution in [1.82, 2.24) is 4.98 Å². The lowest BCUT2D eigenvalue weighted by atomic mass is 10.2. The van der Waals surface area contributed by atoms with E-state index in [1.54, 1.807) is 0 Å². The Kier molecular flexibility index (Phi) is 4.45. The summed E-state index contributed by atoms with van der Waals surface area (Å²) >= 11 is 5.58. The van der Waals surface area contributed by atoms with Gasteiger partial charge in [0.05, 0.1) is 17.2 Å². The van der Waals surface area contributed by atoms with E-state index in [1.165, 1.54) is 7.11 Å². The van der Waals surface area contributed by atoms with E-state index in [1.807, 2.05) is 0 Å². The van der Waals surface area contributed by atoms with Gasteiger partial charge in [-0.3, -0.25) is 4.79 Å². The Bertz CT molecular complexity index is 401. The fourth-order valence-electron chi connectivity index (χ4n) is 0.943. The number of aromatic nitrogens is 1. The summed E-state index contributed by atoms with van der Waals surface area (Å²) in [5, 5.41) is -0.394. The lowest BCUT2D eigenvalue weighted by Crippen LogP contribution is -2.14. The van der Waals surface area contributed by atoms with Crippen molar-refractivity contribution >= 4 is 17.5 Å². The first-order valence-electron chi connectivity index (χ1n) is 4.33. The van der Waals surface area contributed by atoms with Crippen molar-refractivity contribution in [3.8, 4) is 5.88 Å². The number of carbonyl (C=O) groups is 1. The van der Waals surface area contributed by atoms with Crippen LogP contribution in [0, 0.1) is 5.82 Å². The van der Waals surface area contributed by atoms with E-state index < -0.39 is 16.7 Å². The average molecular weight is 249 g/mol. The third kappa shape index (κ3) is 2.80. The quantitative estimate of drug-likeness (QED) is 0.789. The molecule has 16 heavy (non-hydrogen) atoms. The van der Waals surface area contributed by atoms with Gasteiger partial charge in [0.1, 0.15) is 6.61 Å². The molecular formula is C9H10ClFN2O3. The van der Waals surface area contributed by atoms with Crippen molar-refractivity contribution in [3.63, 3.8) is 0 Å². The molecule has 88 valence electrons. The Morgan fingerprint density at radius 1 is 1.62 bits per heavy atom. The normalized spacial score (nSPS) is 10.2. The molecule has 0 aliphatic carbocycles. The van der Waals surface area contributed by atoms with Gasteiger partial charge in [0, 0.05) is 13.3 Å². The zero-order valence-electron chi connectivity index (χ0n) is 8.50. The van der Waals surface area contributed by atoms with Gasteiger partial charge >= 0.3 is 0 Å². The second kappa shape index (κ2) is 5.62. The van der Waals surface area contributed by atoms with Crippen molar-refractivity contribution < 1.29 is 18.7 Å². The number of amides is 1. The molecule has 1 aromatic rings. The van der Waals surface area contributed by atoms with E-state index in [0.717, 1.165) is 6.20 Å². The minimum Gasteiger partial charge on any atom is -0.473 e. The summed E-state index contributed by atoms with van der Waals surface area (Å²) in [5.74, 6) is -2.04. The maximum Gasteiger partial charge on any atom is 0.252 e. The third-order valence-corrected chi connectivity index (χ3v) is 2.09. The van der Waals surface area contributed by atoms with Crippen LogP contribution in [0.15, 0.2) is 6.20 Å². The standard InChI is InChI=1S/C9H10ClFN2O3/c1-15-2-3-16-9-7(11)6(10)5(4-13-9)8(12)14/h4H,2-3H2,1H3,(H2,12,14). The summed E-state index contributed by atoms with van der Waals surface area (Å²) in [6, 6.07) is 0. The third-order valence-electron chi connectivity index (χ3n) is 1.72. The van der Waals surface area contributed by atoms with Gasteiger partial charge in [0.25, 0.3) is 11.8 Å². The molecule has 1 heterocycles. The van der Waals surface area contributed by atoms with Gasteiger partial charge < -0.3 is 15.2 Å². The van der Waals surface area contributed by atoms with Crippen LogP contribution in [0.25, 0.3) is 0 Å². The number of halogens is 2. The molecule has 7 heteroatoms. The Morgan fingerprint density at radius 3 is 2.88 bits per heavy atom. The number of primary amides is 1. The van der Waals surface area contributed by atoms with E-state index in [9.17, 15) is 9.18 Å². The molecule has 0 fully saturated rings. The minimum atomic E-state index is -0.908. The molecule has 1 aromatic heterocycles. The predicted octanol–water partition coefficient (Wildman–Crippen LogP) is 0.998. The number of nitrogens with two attached hydrogens (primary N) is 1. The molecule has 0 spiro atoms. The summed E-state index contributed by atoms with van der Waals surface area (Å²) < 4.78 is 23.1. The van der Waals surface area contributed by atoms with Crippen LogP contribution in [0.4, 0.5) is 4.39 Å². The number of hydrogen-bond acceptors (Lipinski definition) is 4. The van der Waals surface area contributed by atoms with Crippen LogP contribution in [0.5, 0.6) is 5.88 Å². The highest BCUT2D eigenvalue weighted by Gasteiger charge is 2.17. The summed E-state index contributed by atoms with van der Waals surface area (Å²) in [6.45, 7) is 0.420. The molecule has 5 nitrogen and oxygen atoms in total. The van der Waals surface area contributed by atoms with E-state index >= 15 is 0 Å². The summed E-state index contributed by atoms with van der Waals surface area (Å²) in [5.41, 5.74) is 4.78. The van der Waals surface area contributed by atoms with Crippen molar-refractivity contribution in [2.45, 2.75) is 0 Å². The molecule has 0 radical (unpaired) electrons. The van der Waals surface area contributed by atoms with Crippen LogP contribution < -0.4 is 10.5 Å². The monoisotopic (exact) mass is 248 g/mol. The van der Waals surface area contributed by atoms with Crippen LogP contribution in [0.3, 0.4) is 0 Å². The number of nitrogens with zero attached hydrogens (tertiary/aromatic N) is 1. The van der Waals surface area contributed by atoms with Gasteiger partial charge in [-0.2, -0.15) is 4.39 Å². The molecule has 0 unspecified atom stereocenters. The first-order valence-corrected chi connectivity index (χ1v) is 4.71. The lowest BCUT2D eigenvalue weighted by molar-refractivity contribution is 0.0999. The molecule has 0 aliphatic heterocycles. The van der Waals surface area contributed by atoms with Crippen molar-refractivity contribution in [2.24, 2.45) is 5.73 Å². The smallest absolute Gasteiger partial charge is 0.252 e.